The molecule has 0 radical (unpaired) electrons. The lowest BCUT2D eigenvalue weighted by atomic mass is 10.1. The molecule has 4 nitrogen and oxygen atoms in total. The number of hydrogen-bond donors (Lipinski definition) is 2. The van der Waals surface area contributed by atoms with Gasteiger partial charge in [0.25, 0.3) is 5.91 Å². The first kappa shape index (κ1) is 12.9. The molecule has 0 bridgehead atoms. The van der Waals surface area contributed by atoms with Crippen molar-refractivity contribution >= 4 is 11.6 Å². The number of amides is 1. The van der Waals surface area contributed by atoms with Crippen LogP contribution in [0.25, 0.3) is 0 Å². The molecule has 0 saturated heterocycles. The van der Waals surface area contributed by atoms with Crippen molar-refractivity contribution in [2.24, 2.45) is 0 Å². The zero-order valence-electron chi connectivity index (χ0n) is 10.2. The Morgan fingerprint density at radius 2 is 1.63 bits per heavy atom. The van der Waals surface area contributed by atoms with Gasteiger partial charge in [-0.2, -0.15) is 0 Å². The fraction of sp³-hybridized carbons (Fsp3) is 0.0714. The molecule has 19 heavy (non-hydrogen) atoms. The molecule has 0 aliphatic rings. The highest BCUT2D eigenvalue weighted by molar-refractivity contribution is 6.06. The maximum atomic E-state index is 13.6. The van der Waals surface area contributed by atoms with E-state index in [1.807, 2.05) is 0 Å². The molecule has 0 heterocycles. The molecule has 2 aromatic rings. The highest BCUT2D eigenvalue weighted by Gasteiger charge is 2.17. The van der Waals surface area contributed by atoms with Crippen LogP contribution in [0, 0.1) is 5.82 Å². The van der Waals surface area contributed by atoms with Crippen LogP contribution < -0.4 is 4.90 Å². The van der Waals surface area contributed by atoms with Gasteiger partial charge in [0.15, 0.2) is 0 Å². The second kappa shape index (κ2) is 4.97. The lowest BCUT2D eigenvalue weighted by Gasteiger charge is -2.17. The SMILES string of the molecule is CN(C(=O)c1ccc(O)cc1F)c1ccc(O)cc1. The van der Waals surface area contributed by atoms with Crippen LogP contribution in [0.15, 0.2) is 42.5 Å². The highest BCUT2D eigenvalue weighted by atomic mass is 19.1. The van der Waals surface area contributed by atoms with Crippen molar-refractivity contribution < 1.29 is 19.4 Å². The molecule has 2 rings (SSSR count). The van der Waals surface area contributed by atoms with Crippen molar-refractivity contribution in [3.63, 3.8) is 0 Å². The maximum Gasteiger partial charge on any atom is 0.260 e. The largest absolute Gasteiger partial charge is 0.508 e. The van der Waals surface area contributed by atoms with Gasteiger partial charge in [-0.3, -0.25) is 4.79 Å². The van der Waals surface area contributed by atoms with E-state index in [1.54, 1.807) is 12.1 Å². The van der Waals surface area contributed by atoms with Crippen molar-refractivity contribution in [3.05, 3.63) is 53.8 Å². The number of anilines is 1. The summed E-state index contributed by atoms with van der Waals surface area (Å²) in [6.45, 7) is 0. The minimum absolute atomic E-state index is 0.0837. The van der Waals surface area contributed by atoms with Crippen molar-refractivity contribution in [1.82, 2.24) is 0 Å². The molecule has 0 saturated carbocycles. The van der Waals surface area contributed by atoms with Crippen LogP contribution in [-0.2, 0) is 0 Å². The lowest BCUT2D eigenvalue weighted by molar-refractivity contribution is 0.0989. The van der Waals surface area contributed by atoms with Gasteiger partial charge < -0.3 is 15.1 Å². The Kier molecular flexibility index (Phi) is 3.37. The molecule has 0 spiro atoms. The number of hydrogen-bond acceptors (Lipinski definition) is 3. The molecule has 0 atom stereocenters. The number of carbonyl (C=O) groups is 1. The van der Waals surface area contributed by atoms with Gasteiger partial charge in [0.1, 0.15) is 17.3 Å². The zero-order valence-corrected chi connectivity index (χ0v) is 10.2. The number of rotatable bonds is 2. The summed E-state index contributed by atoms with van der Waals surface area (Å²) in [5, 5.41) is 18.3. The fourth-order valence-electron chi connectivity index (χ4n) is 1.65. The molecule has 0 aliphatic carbocycles. The number of aromatic hydroxyl groups is 2. The van der Waals surface area contributed by atoms with Gasteiger partial charge in [-0.25, -0.2) is 4.39 Å². The van der Waals surface area contributed by atoms with E-state index in [0.29, 0.717) is 5.69 Å². The predicted molar refractivity (Wildman–Crippen MR) is 68.9 cm³/mol. The molecule has 0 aromatic heterocycles. The predicted octanol–water partition coefficient (Wildman–Crippen LogP) is 2.51. The van der Waals surface area contributed by atoms with Crippen LogP contribution in [0.5, 0.6) is 11.5 Å². The molecule has 98 valence electrons. The topological polar surface area (TPSA) is 60.8 Å². The van der Waals surface area contributed by atoms with E-state index in [2.05, 4.69) is 0 Å². The molecule has 0 unspecified atom stereocenters. The number of phenols is 2. The first-order chi connectivity index (χ1) is 8.99. The monoisotopic (exact) mass is 261 g/mol. The normalized spacial score (nSPS) is 10.2. The summed E-state index contributed by atoms with van der Waals surface area (Å²) >= 11 is 0. The van der Waals surface area contributed by atoms with Gasteiger partial charge in [-0.05, 0) is 36.4 Å². The first-order valence-corrected chi connectivity index (χ1v) is 5.54. The van der Waals surface area contributed by atoms with Gasteiger partial charge in [-0.1, -0.05) is 0 Å². The van der Waals surface area contributed by atoms with E-state index in [9.17, 15) is 14.3 Å². The summed E-state index contributed by atoms with van der Waals surface area (Å²) in [5.74, 6) is -1.47. The second-order valence-corrected chi connectivity index (χ2v) is 4.04. The Bertz CT molecular complexity index is 611. The number of phenolic OH excluding ortho intramolecular Hbond substituents is 2. The van der Waals surface area contributed by atoms with Crippen molar-refractivity contribution in [3.8, 4) is 11.5 Å². The van der Waals surface area contributed by atoms with Crippen LogP contribution >= 0.6 is 0 Å². The van der Waals surface area contributed by atoms with Gasteiger partial charge in [-0.15, -0.1) is 0 Å². The summed E-state index contributed by atoms with van der Waals surface area (Å²) in [7, 11) is 1.50. The Morgan fingerprint density at radius 3 is 2.21 bits per heavy atom. The van der Waals surface area contributed by atoms with Crippen LogP contribution in [0.1, 0.15) is 10.4 Å². The fourth-order valence-corrected chi connectivity index (χ4v) is 1.65. The van der Waals surface area contributed by atoms with E-state index in [0.717, 1.165) is 6.07 Å². The Hall–Kier alpha value is -2.56. The average Bonchev–Trinajstić information content (AvgIpc) is 2.38. The molecule has 2 N–H and O–H groups in total. The molecule has 0 fully saturated rings. The summed E-state index contributed by atoms with van der Waals surface area (Å²) in [4.78, 5) is 13.4. The van der Waals surface area contributed by atoms with E-state index in [4.69, 9.17) is 5.11 Å². The number of nitrogens with zero attached hydrogens (tertiary/aromatic N) is 1. The molecular formula is C14H12FNO3. The molecule has 0 aliphatic heterocycles. The van der Waals surface area contributed by atoms with E-state index in [1.165, 1.54) is 36.2 Å². The summed E-state index contributed by atoms with van der Waals surface area (Å²) < 4.78 is 13.6. The lowest BCUT2D eigenvalue weighted by Crippen LogP contribution is -2.26. The van der Waals surface area contributed by atoms with Crippen LogP contribution in [0.3, 0.4) is 0 Å². The number of halogens is 1. The summed E-state index contributed by atoms with van der Waals surface area (Å²) in [6, 6.07) is 9.33. The van der Waals surface area contributed by atoms with E-state index < -0.39 is 11.7 Å². The summed E-state index contributed by atoms with van der Waals surface area (Å²) in [5.41, 5.74) is 0.392. The molecule has 5 heteroatoms. The Balaban J connectivity index is 2.30. The van der Waals surface area contributed by atoms with Crippen LogP contribution in [-0.4, -0.2) is 23.2 Å². The third kappa shape index (κ3) is 2.65. The van der Waals surface area contributed by atoms with E-state index >= 15 is 0 Å². The van der Waals surface area contributed by atoms with Gasteiger partial charge in [0, 0.05) is 18.8 Å². The Morgan fingerprint density at radius 1 is 1.05 bits per heavy atom. The van der Waals surface area contributed by atoms with Gasteiger partial charge in [0.2, 0.25) is 0 Å². The third-order valence-electron chi connectivity index (χ3n) is 2.72. The second-order valence-electron chi connectivity index (χ2n) is 4.04. The van der Waals surface area contributed by atoms with Gasteiger partial charge >= 0.3 is 0 Å². The van der Waals surface area contributed by atoms with Gasteiger partial charge in [0.05, 0.1) is 5.56 Å². The average molecular weight is 261 g/mol. The Labute approximate surface area is 109 Å². The standard InChI is InChI=1S/C14H12FNO3/c1-16(9-2-4-10(17)5-3-9)14(19)12-7-6-11(18)8-13(12)15/h2-8,17-18H,1H3. The minimum atomic E-state index is -0.782. The molecular weight excluding hydrogens is 249 g/mol. The van der Waals surface area contributed by atoms with Crippen molar-refractivity contribution in [2.75, 3.05) is 11.9 Å². The van der Waals surface area contributed by atoms with Crippen molar-refractivity contribution in [1.29, 1.82) is 0 Å². The smallest absolute Gasteiger partial charge is 0.260 e. The quantitative estimate of drug-likeness (QED) is 0.873. The van der Waals surface area contributed by atoms with E-state index in [-0.39, 0.29) is 17.1 Å². The van der Waals surface area contributed by atoms with Crippen LogP contribution in [0.2, 0.25) is 0 Å². The van der Waals surface area contributed by atoms with Crippen LogP contribution in [0.4, 0.5) is 10.1 Å². The van der Waals surface area contributed by atoms with Crippen molar-refractivity contribution in [2.45, 2.75) is 0 Å². The third-order valence-corrected chi connectivity index (χ3v) is 2.72. The molecule has 1 amide bonds. The zero-order chi connectivity index (χ0) is 14.0. The minimum Gasteiger partial charge on any atom is -0.508 e. The molecule has 2 aromatic carbocycles. The number of carbonyl (C=O) groups excluding carboxylic acids is 1. The first-order valence-electron chi connectivity index (χ1n) is 5.54. The number of benzene rings is 2. The maximum absolute atomic E-state index is 13.6. The highest BCUT2D eigenvalue weighted by Crippen LogP contribution is 2.21. The summed E-state index contributed by atoms with van der Waals surface area (Å²) in [6.07, 6.45) is 0.